The summed E-state index contributed by atoms with van der Waals surface area (Å²) in [6.45, 7) is 13.3. The normalized spacial score (nSPS) is 19.2. The lowest BCUT2D eigenvalue weighted by atomic mass is 9.97. The molecule has 0 fully saturated rings. The predicted molar refractivity (Wildman–Crippen MR) is 95.5 cm³/mol. The van der Waals surface area contributed by atoms with Gasteiger partial charge in [-0.05, 0) is 27.2 Å². The number of nitrogens with zero attached hydrogens (tertiary/aromatic N) is 3. The van der Waals surface area contributed by atoms with Crippen LogP contribution >= 0.6 is 0 Å². The summed E-state index contributed by atoms with van der Waals surface area (Å²) >= 11 is 0. The van der Waals surface area contributed by atoms with Gasteiger partial charge in [-0.3, -0.25) is 9.48 Å². The molecule has 7 heteroatoms. The van der Waals surface area contributed by atoms with Gasteiger partial charge in [-0.1, -0.05) is 20.8 Å². The molecule has 1 unspecified atom stereocenters. The van der Waals surface area contributed by atoms with Crippen LogP contribution in [0.15, 0.2) is 0 Å². The van der Waals surface area contributed by atoms with Crippen LogP contribution in [0.25, 0.3) is 0 Å². The molecule has 0 bridgehead atoms. The highest BCUT2D eigenvalue weighted by atomic mass is 16.6. The molecule has 1 atom stereocenters. The number of hydrogen-bond donors (Lipinski definition) is 1. The molecule has 0 saturated heterocycles. The number of aromatic nitrogens is 2. The Morgan fingerprint density at radius 1 is 1.36 bits per heavy atom. The monoisotopic (exact) mass is 350 g/mol. The SMILES string of the molecule is CC.CCC1Cc2nn3c(c2CN1C(=O)OC(C)(C)C)C(=O)NCC3. The summed E-state index contributed by atoms with van der Waals surface area (Å²) in [5.41, 5.74) is 1.85. The van der Waals surface area contributed by atoms with E-state index in [1.165, 1.54) is 0 Å². The molecule has 0 aromatic carbocycles. The van der Waals surface area contributed by atoms with E-state index in [2.05, 4.69) is 17.3 Å². The van der Waals surface area contributed by atoms with E-state index < -0.39 is 5.60 Å². The maximum Gasteiger partial charge on any atom is 0.410 e. The Hall–Kier alpha value is -2.05. The van der Waals surface area contributed by atoms with Crippen LogP contribution in [0.3, 0.4) is 0 Å². The lowest BCUT2D eigenvalue weighted by Gasteiger charge is -2.36. The van der Waals surface area contributed by atoms with Crippen molar-refractivity contribution < 1.29 is 14.3 Å². The zero-order chi connectivity index (χ0) is 18.8. The van der Waals surface area contributed by atoms with Gasteiger partial charge in [-0.2, -0.15) is 5.10 Å². The summed E-state index contributed by atoms with van der Waals surface area (Å²) < 4.78 is 7.30. The third-order valence-electron chi connectivity index (χ3n) is 4.26. The molecule has 3 rings (SSSR count). The average Bonchev–Trinajstić information content (AvgIpc) is 2.92. The molecule has 7 nitrogen and oxygen atoms in total. The van der Waals surface area contributed by atoms with Gasteiger partial charge in [0.2, 0.25) is 0 Å². The lowest BCUT2D eigenvalue weighted by Crippen LogP contribution is -2.46. The summed E-state index contributed by atoms with van der Waals surface area (Å²) in [4.78, 5) is 26.4. The van der Waals surface area contributed by atoms with Crippen molar-refractivity contribution in [1.82, 2.24) is 20.0 Å². The smallest absolute Gasteiger partial charge is 0.410 e. The number of fused-ring (bicyclic) bond motifs is 3. The van der Waals surface area contributed by atoms with Gasteiger partial charge >= 0.3 is 6.09 Å². The van der Waals surface area contributed by atoms with E-state index in [1.54, 1.807) is 9.58 Å². The van der Waals surface area contributed by atoms with E-state index in [9.17, 15) is 9.59 Å². The second kappa shape index (κ2) is 7.45. The van der Waals surface area contributed by atoms with Crippen molar-refractivity contribution in [3.05, 3.63) is 17.0 Å². The van der Waals surface area contributed by atoms with Gasteiger partial charge in [-0.15, -0.1) is 0 Å². The van der Waals surface area contributed by atoms with Crippen molar-refractivity contribution in [3.8, 4) is 0 Å². The molecule has 25 heavy (non-hydrogen) atoms. The van der Waals surface area contributed by atoms with Crippen molar-refractivity contribution in [3.63, 3.8) is 0 Å². The molecule has 2 aliphatic rings. The Bertz CT molecular complexity index is 645. The fourth-order valence-corrected chi connectivity index (χ4v) is 3.19. The van der Waals surface area contributed by atoms with Gasteiger partial charge < -0.3 is 15.0 Å². The van der Waals surface area contributed by atoms with Crippen LogP contribution in [0.1, 0.15) is 69.7 Å². The first kappa shape index (κ1) is 19.3. The first-order valence-corrected chi connectivity index (χ1v) is 9.16. The molecule has 2 aliphatic heterocycles. The number of rotatable bonds is 1. The second-order valence-electron chi connectivity index (χ2n) is 7.13. The van der Waals surface area contributed by atoms with Crippen molar-refractivity contribution >= 4 is 12.0 Å². The van der Waals surface area contributed by atoms with E-state index in [0.717, 1.165) is 17.7 Å². The molecule has 0 saturated carbocycles. The van der Waals surface area contributed by atoms with Crippen LogP contribution < -0.4 is 5.32 Å². The number of hydrogen-bond acceptors (Lipinski definition) is 4. The van der Waals surface area contributed by atoms with E-state index in [1.807, 2.05) is 34.6 Å². The van der Waals surface area contributed by atoms with Crippen molar-refractivity contribution in [2.24, 2.45) is 0 Å². The quantitative estimate of drug-likeness (QED) is 0.845. The summed E-state index contributed by atoms with van der Waals surface area (Å²) in [7, 11) is 0. The first-order chi connectivity index (χ1) is 11.8. The van der Waals surface area contributed by atoms with Crippen molar-refractivity contribution in [2.75, 3.05) is 6.54 Å². The standard InChI is InChI=1S/C16H24N4O3.C2H6/c1-5-10-8-12-11(9-19(10)15(22)23-16(2,3)4)13-14(21)17-6-7-20(13)18-12;1-2/h10H,5-9H2,1-4H3,(H,17,21);1-2H3. The van der Waals surface area contributed by atoms with Crippen LogP contribution in [0.5, 0.6) is 0 Å². The average molecular weight is 350 g/mol. The molecule has 2 amide bonds. The molecule has 1 aromatic heterocycles. The molecule has 0 radical (unpaired) electrons. The van der Waals surface area contributed by atoms with Crippen LogP contribution in [0.4, 0.5) is 4.79 Å². The summed E-state index contributed by atoms with van der Waals surface area (Å²) in [6.07, 6.45) is 1.16. The topological polar surface area (TPSA) is 76.5 Å². The highest BCUT2D eigenvalue weighted by Gasteiger charge is 2.37. The van der Waals surface area contributed by atoms with Crippen LogP contribution in [0.2, 0.25) is 0 Å². The third kappa shape index (κ3) is 3.96. The zero-order valence-corrected chi connectivity index (χ0v) is 16.2. The minimum absolute atomic E-state index is 0.0531. The Morgan fingerprint density at radius 2 is 2.04 bits per heavy atom. The number of amides is 2. The number of carbonyl (C=O) groups is 2. The van der Waals surface area contributed by atoms with E-state index in [-0.39, 0.29) is 18.0 Å². The summed E-state index contributed by atoms with van der Waals surface area (Å²) in [5.74, 6) is -0.107. The number of carbonyl (C=O) groups excluding carboxylic acids is 2. The minimum Gasteiger partial charge on any atom is -0.444 e. The van der Waals surface area contributed by atoms with Gasteiger partial charge in [0.05, 0.1) is 18.8 Å². The van der Waals surface area contributed by atoms with Gasteiger partial charge in [0.1, 0.15) is 11.3 Å². The van der Waals surface area contributed by atoms with Gasteiger partial charge in [0, 0.05) is 24.6 Å². The van der Waals surface area contributed by atoms with Crippen molar-refractivity contribution in [1.29, 1.82) is 0 Å². The fourth-order valence-electron chi connectivity index (χ4n) is 3.19. The van der Waals surface area contributed by atoms with Gasteiger partial charge in [0.15, 0.2) is 0 Å². The van der Waals surface area contributed by atoms with Gasteiger partial charge in [-0.25, -0.2) is 4.79 Å². The highest BCUT2D eigenvalue weighted by molar-refractivity contribution is 5.95. The first-order valence-electron chi connectivity index (χ1n) is 9.16. The minimum atomic E-state index is -0.536. The maximum absolute atomic E-state index is 12.5. The molecule has 1 aromatic rings. The number of nitrogens with one attached hydrogen (secondary N) is 1. The zero-order valence-electron chi connectivity index (χ0n) is 16.2. The van der Waals surface area contributed by atoms with Gasteiger partial charge in [0.25, 0.3) is 5.91 Å². The third-order valence-corrected chi connectivity index (χ3v) is 4.26. The number of ether oxygens (including phenoxy) is 1. The van der Waals surface area contributed by atoms with Crippen LogP contribution in [-0.2, 0) is 24.2 Å². The predicted octanol–water partition coefficient (Wildman–Crippen LogP) is 2.72. The van der Waals surface area contributed by atoms with Crippen molar-refractivity contribution in [2.45, 2.75) is 79.1 Å². The molecule has 140 valence electrons. The molecular formula is C18H30N4O3. The molecule has 1 N–H and O–H groups in total. The van der Waals surface area contributed by atoms with Crippen LogP contribution in [-0.4, -0.2) is 44.9 Å². The fraction of sp³-hybridized carbons (Fsp3) is 0.722. The molecule has 3 heterocycles. The Morgan fingerprint density at radius 3 is 2.64 bits per heavy atom. The van der Waals surface area contributed by atoms with E-state index >= 15 is 0 Å². The largest absolute Gasteiger partial charge is 0.444 e. The molecular weight excluding hydrogens is 320 g/mol. The molecule has 0 spiro atoms. The van der Waals surface area contributed by atoms with Crippen LogP contribution in [0, 0.1) is 0 Å². The van der Waals surface area contributed by atoms with E-state index in [0.29, 0.717) is 31.7 Å². The summed E-state index contributed by atoms with van der Waals surface area (Å²) in [5, 5.41) is 7.43. The summed E-state index contributed by atoms with van der Waals surface area (Å²) in [6, 6.07) is 0.0531. The Kier molecular flexibility index (Phi) is 5.75. The Labute approximate surface area is 149 Å². The van der Waals surface area contributed by atoms with E-state index in [4.69, 9.17) is 4.74 Å². The maximum atomic E-state index is 12.5. The highest BCUT2D eigenvalue weighted by Crippen LogP contribution is 2.29. The lowest BCUT2D eigenvalue weighted by molar-refractivity contribution is 0.0113. The Balaban J connectivity index is 0.00000109. The second-order valence-corrected chi connectivity index (χ2v) is 7.13. The molecule has 0 aliphatic carbocycles.